The van der Waals surface area contributed by atoms with E-state index in [1.807, 2.05) is 0 Å². The molecule has 30 valence electrons. The molecule has 0 spiro atoms. The molecule has 0 saturated heterocycles. The zero-order valence-corrected chi connectivity index (χ0v) is 5.76. The summed E-state index contributed by atoms with van der Waals surface area (Å²) in [6.45, 7) is 0. The monoisotopic (exact) mass is 172 g/mol. The van der Waals surface area contributed by atoms with Gasteiger partial charge in [-0.3, -0.25) is 4.57 Å². The van der Waals surface area contributed by atoms with Crippen LogP contribution in [0, 0.1) is 0 Å². The molecule has 5 heavy (non-hydrogen) atoms. The van der Waals surface area contributed by atoms with Crippen molar-refractivity contribution in [1.29, 1.82) is 0 Å². The average Bonchev–Trinajstić information content (AvgIpc) is 0.811. The number of hydrogen-bond acceptors (Lipinski definition) is 1. The Kier molecular flexibility index (Phi) is 9.46. The van der Waals surface area contributed by atoms with Crippen LogP contribution in [0.4, 0.5) is 0 Å². The number of hydrogen-bond donors (Lipinski definition) is 2. The molecular weight excluding hydrogens is 170 g/mol. The van der Waals surface area contributed by atoms with E-state index in [0.717, 1.165) is 0 Å². The standard InChI is InChI=1S/H3O3P.Zr/c1-4(2)3;/h4H,(H2,1,2,3);. The molecule has 0 bridgehead atoms. The van der Waals surface area contributed by atoms with E-state index < -0.39 is 8.25 Å². The van der Waals surface area contributed by atoms with Crippen molar-refractivity contribution in [1.82, 2.24) is 0 Å². The summed E-state index contributed by atoms with van der Waals surface area (Å²) < 4.78 is 8.74. The summed E-state index contributed by atoms with van der Waals surface area (Å²) in [6, 6.07) is 0. The SMILES string of the molecule is O=[PH](O)O.[Zr]. The van der Waals surface area contributed by atoms with Crippen molar-refractivity contribution in [2.75, 3.05) is 0 Å². The third kappa shape index (κ3) is 43.4. The van der Waals surface area contributed by atoms with Crippen LogP contribution in [0.5, 0.6) is 0 Å². The smallest absolute Gasteiger partial charge is 0.314 e. The first-order valence-corrected chi connectivity index (χ1v) is 1.95. The average molecular weight is 173 g/mol. The quantitative estimate of drug-likeness (QED) is 0.479. The maximum Gasteiger partial charge on any atom is 0.314 e. The Morgan fingerprint density at radius 3 is 1.40 bits per heavy atom. The minimum absolute atomic E-state index is 0. The van der Waals surface area contributed by atoms with Crippen LogP contribution in [-0.4, -0.2) is 9.79 Å². The van der Waals surface area contributed by atoms with Gasteiger partial charge < -0.3 is 9.79 Å². The summed E-state index contributed by atoms with van der Waals surface area (Å²) in [5.41, 5.74) is 0. The second-order valence-electron chi connectivity index (χ2n) is 0.283. The third-order valence-corrected chi connectivity index (χ3v) is 0. The van der Waals surface area contributed by atoms with Gasteiger partial charge >= 0.3 is 8.25 Å². The molecule has 0 amide bonds. The molecule has 0 radical (unpaired) electrons. The van der Waals surface area contributed by atoms with Crippen LogP contribution in [0.3, 0.4) is 0 Å². The van der Waals surface area contributed by atoms with Gasteiger partial charge in [-0.2, -0.15) is 0 Å². The molecule has 0 fully saturated rings. The minimum atomic E-state index is -3.13. The molecular formula is H3O3PZr. The van der Waals surface area contributed by atoms with Gasteiger partial charge in [-0.15, -0.1) is 0 Å². The maximum atomic E-state index is 8.74. The molecule has 3 nitrogen and oxygen atoms in total. The Balaban J connectivity index is 0. The Hall–Kier alpha value is 1.03. The second-order valence-corrected chi connectivity index (χ2v) is 0.848. The largest absolute Gasteiger partial charge is 0.326 e. The fraction of sp³-hybridized carbons (Fsp3) is 0. The van der Waals surface area contributed by atoms with Crippen LogP contribution < -0.4 is 0 Å². The van der Waals surface area contributed by atoms with Crippen molar-refractivity contribution >= 4 is 8.25 Å². The molecule has 0 aromatic heterocycles. The van der Waals surface area contributed by atoms with Crippen LogP contribution in [0.2, 0.25) is 0 Å². The van der Waals surface area contributed by atoms with Gasteiger partial charge in [-0.25, -0.2) is 0 Å². The van der Waals surface area contributed by atoms with Crippen molar-refractivity contribution in [3.63, 3.8) is 0 Å². The van der Waals surface area contributed by atoms with Gasteiger partial charge in [0.1, 0.15) is 0 Å². The van der Waals surface area contributed by atoms with Crippen LogP contribution >= 0.6 is 8.25 Å². The van der Waals surface area contributed by atoms with Gasteiger partial charge in [0.2, 0.25) is 0 Å². The molecule has 0 aliphatic heterocycles. The van der Waals surface area contributed by atoms with E-state index in [0.29, 0.717) is 0 Å². The first kappa shape index (κ1) is 9.40. The maximum absolute atomic E-state index is 8.74. The van der Waals surface area contributed by atoms with E-state index in [-0.39, 0.29) is 26.2 Å². The first-order chi connectivity index (χ1) is 1.73. The normalized spacial score (nSPS) is 7.00. The van der Waals surface area contributed by atoms with Crippen LogP contribution in [-0.2, 0) is 30.8 Å². The van der Waals surface area contributed by atoms with Crippen LogP contribution in [0.25, 0.3) is 0 Å². The van der Waals surface area contributed by atoms with E-state index in [4.69, 9.17) is 14.4 Å². The Bertz CT molecular complexity index is 29.9. The molecule has 0 saturated carbocycles. The number of rotatable bonds is 0. The fourth-order valence-electron chi connectivity index (χ4n) is 0. The van der Waals surface area contributed by atoms with Crippen molar-refractivity contribution in [2.45, 2.75) is 0 Å². The Morgan fingerprint density at radius 2 is 1.40 bits per heavy atom. The predicted molar refractivity (Wildman–Crippen MR) is 13.4 cm³/mol. The molecule has 0 atom stereocenters. The van der Waals surface area contributed by atoms with Gasteiger partial charge in [0.15, 0.2) is 0 Å². The Labute approximate surface area is 49.1 Å². The minimum Gasteiger partial charge on any atom is -0.326 e. The summed E-state index contributed by atoms with van der Waals surface area (Å²) in [4.78, 5) is 14.3. The van der Waals surface area contributed by atoms with Crippen LogP contribution in [0.15, 0.2) is 0 Å². The molecule has 2 N–H and O–H groups in total. The van der Waals surface area contributed by atoms with Crippen molar-refractivity contribution in [3.05, 3.63) is 0 Å². The van der Waals surface area contributed by atoms with Gasteiger partial charge in [-0.1, -0.05) is 0 Å². The Morgan fingerprint density at radius 1 is 1.40 bits per heavy atom. The molecule has 0 heterocycles. The molecule has 0 aliphatic rings. The van der Waals surface area contributed by atoms with Gasteiger partial charge in [0.05, 0.1) is 0 Å². The van der Waals surface area contributed by atoms with Gasteiger partial charge in [0, 0.05) is 26.2 Å². The van der Waals surface area contributed by atoms with E-state index in [1.165, 1.54) is 0 Å². The first-order valence-electron chi connectivity index (χ1n) is 0.651. The van der Waals surface area contributed by atoms with Crippen LogP contribution in [0.1, 0.15) is 0 Å². The topological polar surface area (TPSA) is 57.5 Å². The second kappa shape index (κ2) is 5.03. The summed E-state index contributed by atoms with van der Waals surface area (Å²) in [5.74, 6) is 0. The van der Waals surface area contributed by atoms with E-state index >= 15 is 0 Å². The molecule has 0 aromatic carbocycles. The fourth-order valence-corrected chi connectivity index (χ4v) is 0. The predicted octanol–water partition coefficient (Wildman–Crippen LogP) is -0.642. The summed E-state index contributed by atoms with van der Waals surface area (Å²) in [6.07, 6.45) is 0. The third-order valence-electron chi connectivity index (χ3n) is 0. The molecule has 0 rings (SSSR count). The summed E-state index contributed by atoms with van der Waals surface area (Å²) in [7, 11) is -3.13. The molecule has 0 unspecified atom stereocenters. The van der Waals surface area contributed by atoms with Gasteiger partial charge in [-0.05, 0) is 0 Å². The van der Waals surface area contributed by atoms with E-state index in [9.17, 15) is 0 Å². The molecule has 0 aliphatic carbocycles. The van der Waals surface area contributed by atoms with E-state index in [2.05, 4.69) is 0 Å². The summed E-state index contributed by atoms with van der Waals surface area (Å²) >= 11 is 0. The van der Waals surface area contributed by atoms with Crippen molar-refractivity contribution < 1.29 is 40.6 Å². The zero-order chi connectivity index (χ0) is 3.58. The molecule has 5 heteroatoms. The van der Waals surface area contributed by atoms with Crippen molar-refractivity contribution in [2.24, 2.45) is 0 Å². The zero-order valence-electron chi connectivity index (χ0n) is 2.30. The molecule has 0 aromatic rings. The summed E-state index contributed by atoms with van der Waals surface area (Å²) in [5, 5.41) is 0. The van der Waals surface area contributed by atoms with Gasteiger partial charge in [0.25, 0.3) is 0 Å². The van der Waals surface area contributed by atoms with E-state index in [1.54, 1.807) is 0 Å². The van der Waals surface area contributed by atoms with Crippen molar-refractivity contribution in [3.8, 4) is 0 Å².